The van der Waals surface area contributed by atoms with Crippen LogP contribution in [0.2, 0.25) is 0 Å². The molecule has 7 heteroatoms. The van der Waals surface area contributed by atoms with Crippen molar-refractivity contribution in [2.45, 2.75) is 31.3 Å². The lowest BCUT2D eigenvalue weighted by molar-refractivity contribution is -0.500. The summed E-state index contributed by atoms with van der Waals surface area (Å²) in [5, 5.41) is 11.4. The summed E-state index contributed by atoms with van der Waals surface area (Å²) in [5.74, 6) is -3.04. The minimum Gasteiger partial charge on any atom is -0.361 e. The summed E-state index contributed by atoms with van der Waals surface area (Å²) in [6.45, 7) is 1.88. The molecule has 0 radical (unpaired) electrons. The number of nitrogens with zero attached hydrogens (tertiary/aromatic N) is 1. The molecule has 2 saturated heterocycles. The molecule has 0 aromatic heterocycles. The van der Waals surface area contributed by atoms with Crippen molar-refractivity contribution in [2.75, 3.05) is 6.54 Å². The first kappa shape index (κ1) is 21.7. The Labute approximate surface area is 190 Å². The number of hydrogen-bond donors (Lipinski definition) is 1. The molecule has 170 valence electrons. The lowest BCUT2D eigenvalue weighted by atomic mass is 9.68. The summed E-state index contributed by atoms with van der Waals surface area (Å²) in [7, 11) is 0. The van der Waals surface area contributed by atoms with E-state index in [1.54, 1.807) is 11.8 Å². The third kappa shape index (κ3) is 3.44. The quantitative estimate of drug-likeness (QED) is 0.601. The minimum absolute atomic E-state index is 0.0118. The zero-order valence-corrected chi connectivity index (χ0v) is 18.0. The van der Waals surface area contributed by atoms with E-state index in [1.807, 2.05) is 30.3 Å². The minimum atomic E-state index is -1.89. The van der Waals surface area contributed by atoms with Crippen LogP contribution in [-0.4, -0.2) is 28.2 Å². The Hall–Kier alpha value is -3.13. The Morgan fingerprint density at radius 2 is 1.42 bits per heavy atom. The molecule has 2 heterocycles. The van der Waals surface area contributed by atoms with Gasteiger partial charge in [-0.15, -0.1) is 0 Å². The maximum Gasteiger partial charge on any atom is 0.234 e. The van der Waals surface area contributed by atoms with Crippen molar-refractivity contribution in [3.63, 3.8) is 0 Å². The predicted molar refractivity (Wildman–Crippen MR) is 115 cm³/mol. The first-order valence-corrected chi connectivity index (χ1v) is 10.7. The second-order valence-corrected chi connectivity index (χ2v) is 8.95. The van der Waals surface area contributed by atoms with Gasteiger partial charge in [0.25, 0.3) is 0 Å². The second-order valence-electron chi connectivity index (χ2n) is 8.95. The Kier molecular flexibility index (Phi) is 5.08. The average molecular weight is 451 g/mol. The largest absolute Gasteiger partial charge is 0.361 e. The van der Waals surface area contributed by atoms with Crippen molar-refractivity contribution < 1.29 is 28.5 Å². The number of amides is 1. The van der Waals surface area contributed by atoms with Crippen LogP contribution in [-0.2, 0) is 26.7 Å². The Morgan fingerprint density at radius 1 is 0.879 bits per heavy atom. The number of rotatable bonds is 4. The van der Waals surface area contributed by atoms with E-state index in [0.717, 1.165) is 5.56 Å². The highest BCUT2D eigenvalue weighted by atomic mass is 19.1. The molecule has 2 aliphatic heterocycles. The molecule has 2 atom stereocenters. The zero-order chi connectivity index (χ0) is 23.3. The molecule has 0 bridgehead atoms. The van der Waals surface area contributed by atoms with Crippen molar-refractivity contribution >= 4 is 5.91 Å². The van der Waals surface area contributed by atoms with Crippen LogP contribution in [0.3, 0.4) is 0 Å². The van der Waals surface area contributed by atoms with Gasteiger partial charge in [0.05, 0.1) is 6.54 Å². The van der Waals surface area contributed by atoms with Crippen molar-refractivity contribution in [2.24, 2.45) is 5.41 Å². The molecule has 0 aliphatic carbocycles. The lowest BCUT2D eigenvalue weighted by Crippen LogP contribution is -2.58. The standard InChI is InChI=1S/C26H23F2NO4/c1-24-16-25(19-7-11-21(27)12-8-19,20-9-13-22(28)14-10-20)32-33-26(24,31)17-29(23(24)30)15-18-5-3-2-4-6-18/h2-14,31H,15-17H2,1H3. The molecule has 3 aromatic carbocycles. The fourth-order valence-electron chi connectivity index (χ4n) is 4.86. The van der Waals surface area contributed by atoms with E-state index in [2.05, 4.69) is 0 Å². The van der Waals surface area contributed by atoms with Crippen molar-refractivity contribution in [3.8, 4) is 0 Å². The van der Waals surface area contributed by atoms with Crippen LogP contribution >= 0.6 is 0 Å². The maximum absolute atomic E-state index is 13.7. The van der Waals surface area contributed by atoms with Crippen LogP contribution in [0.1, 0.15) is 30.0 Å². The van der Waals surface area contributed by atoms with E-state index >= 15 is 0 Å². The first-order valence-electron chi connectivity index (χ1n) is 10.7. The van der Waals surface area contributed by atoms with E-state index < -0.39 is 28.4 Å². The maximum atomic E-state index is 13.7. The zero-order valence-electron chi connectivity index (χ0n) is 18.0. The fourth-order valence-corrected chi connectivity index (χ4v) is 4.86. The van der Waals surface area contributed by atoms with Gasteiger partial charge in [0.15, 0.2) is 5.60 Å². The molecule has 5 rings (SSSR count). The molecule has 2 unspecified atom stereocenters. The highest BCUT2D eigenvalue weighted by Gasteiger charge is 2.69. The van der Waals surface area contributed by atoms with Gasteiger partial charge in [0.1, 0.15) is 17.0 Å². The van der Waals surface area contributed by atoms with E-state index in [9.17, 15) is 18.7 Å². The van der Waals surface area contributed by atoms with E-state index in [-0.39, 0.29) is 18.9 Å². The summed E-state index contributed by atoms with van der Waals surface area (Å²) < 4.78 is 27.4. The van der Waals surface area contributed by atoms with E-state index in [4.69, 9.17) is 9.78 Å². The normalized spacial score (nSPS) is 26.3. The molecule has 2 fully saturated rings. The smallest absolute Gasteiger partial charge is 0.234 e. The van der Waals surface area contributed by atoms with Gasteiger partial charge >= 0.3 is 0 Å². The molecule has 33 heavy (non-hydrogen) atoms. The summed E-state index contributed by atoms with van der Waals surface area (Å²) in [5.41, 5.74) is -0.772. The number of halogens is 2. The second kappa shape index (κ2) is 7.73. The number of β-amino-alcohol motifs (C(OH)–C–C–N with tert-alkyl or cyclic N) is 1. The number of hydrogen-bond acceptors (Lipinski definition) is 4. The van der Waals surface area contributed by atoms with Crippen LogP contribution in [0.5, 0.6) is 0 Å². The highest BCUT2D eigenvalue weighted by Crippen LogP contribution is 2.56. The lowest BCUT2D eigenvalue weighted by Gasteiger charge is -2.48. The van der Waals surface area contributed by atoms with Gasteiger partial charge in [0.2, 0.25) is 11.7 Å². The number of aliphatic hydroxyl groups is 1. The van der Waals surface area contributed by atoms with Crippen molar-refractivity contribution in [1.29, 1.82) is 0 Å². The van der Waals surface area contributed by atoms with E-state index in [1.165, 1.54) is 48.5 Å². The molecule has 1 N–H and O–H groups in total. The van der Waals surface area contributed by atoms with Gasteiger partial charge in [-0.1, -0.05) is 54.6 Å². The fraction of sp³-hybridized carbons (Fsp3) is 0.269. The molecule has 3 aromatic rings. The Bertz CT molecular complexity index is 1120. The summed E-state index contributed by atoms with van der Waals surface area (Å²) in [6.07, 6.45) is 0.0118. The van der Waals surface area contributed by atoms with Crippen molar-refractivity contribution in [3.05, 3.63) is 107 Å². The predicted octanol–water partition coefficient (Wildman–Crippen LogP) is 4.30. The summed E-state index contributed by atoms with van der Waals surface area (Å²) in [6, 6.07) is 20.7. The molecule has 0 spiro atoms. The van der Waals surface area contributed by atoms with Gasteiger partial charge in [-0.2, -0.15) is 4.89 Å². The van der Waals surface area contributed by atoms with Crippen LogP contribution < -0.4 is 0 Å². The van der Waals surface area contributed by atoms with E-state index in [0.29, 0.717) is 17.7 Å². The third-order valence-corrected chi connectivity index (χ3v) is 6.79. The van der Waals surface area contributed by atoms with Gasteiger partial charge in [-0.25, -0.2) is 13.7 Å². The van der Waals surface area contributed by atoms with Gasteiger partial charge in [-0.3, -0.25) is 4.79 Å². The number of carbonyl (C=O) groups is 1. The van der Waals surface area contributed by atoms with Gasteiger partial charge in [0, 0.05) is 13.0 Å². The molecule has 5 nitrogen and oxygen atoms in total. The molecule has 2 aliphatic rings. The molecule has 1 amide bonds. The molecular weight excluding hydrogens is 428 g/mol. The SMILES string of the molecule is CC12CC(c3ccc(F)cc3)(c3ccc(F)cc3)OOC1(O)CN(Cc1ccccc1)C2=O. The highest BCUT2D eigenvalue weighted by molar-refractivity contribution is 5.86. The first-order chi connectivity index (χ1) is 15.8. The summed E-state index contributed by atoms with van der Waals surface area (Å²) >= 11 is 0. The number of carbonyl (C=O) groups excluding carboxylic acids is 1. The molecule has 0 saturated carbocycles. The third-order valence-electron chi connectivity index (χ3n) is 6.79. The van der Waals surface area contributed by atoms with Crippen molar-refractivity contribution in [1.82, 2.24) is 4.90 Å². The summed E-state index contributed by atoms with van der Waals surface area (Å²) in [4.78, 5) is 26.7. The number of likely N-dealkylation sites (tertiary alicyclic amines) is 1. The van der Waals surface area contributed by atoms with Crippen LogP contribution in [0, 0.1) is 17.0 Å². The molecular formula is C26H23F2NO4. The van der Waals surface area contributed by atoms with Crippen LogP contribution in [0.25, 0.3) is 0 Å². The van der Waals surface area contributed by atoms with Crippen LogP contribution in [0.15, 0.2) is 78.9 Å². The number of benzene rings is 3. The van der Waals surface area contributed by atoms with Crippen LogP contribution in [0.4, 0.5) is 8.78 Å². The Morgan fingerprint density at radius 3 is 1.97 bits per heavy atom. The number of fused-ring (bicyclic) bond motifs is 1. The van der Waals surface area contributed by atoms with Gasteiger partial charge < -0.3 is 10.0 Å². The Balaban J connectivity index is 1.57. The van der Waals surface area contributed by atoms with Gasteiger partial charge in [-0.05, 0) is 47.9 Å². The topological polar surface area (TPSA) is 59.0 Å². The average Bonchev–Trinajstić information content (AvgIpc) is 3.00. The monoisotopic (exact) mass is 451 g/mol.